The topological polar surface area (TPSA) is 93.4 Å². The van der Waals surface area contributed by atoms with Gasteiger partial charge >= 0.3 is 5.97 Å². The predicted molar refractivity (Wildman–Crippen MR) is 125 cm³/mol. The van der Waals surface area contributed by atoms with E-state index >= 15 is 0 Å². The van der Waals surface area contributed by atoms with Crippen LogP contribution in [0.3, 0.4) is 0 Å². The molecule has 0 fully saturated rings. The Labute approximate surface area is 193 Å². The Morgan fingerprint density at radius 1 is 1.12 bits per heavy atom. The maximum absolute atomic E-state index is 12.9. The van der Waals surface area contributed by atoms with Gasteiger partial charge in [0.1, 0.15) is 17.1 Å². The monoisotopic (exact) mass is 450 g/mol. The average molecular weight is 451 g/mol. The molecule has 1 aliphatic heterocycles. The van der Waals surface area contributed by atoms with E-state index in [2.05, 4.69) is 30.1 Å². The average Bonchev–Trinajstić information content (AvgIpc) is 3.16. The first-order valence-corrected chi connectivity index (χ1v) is 11.1. The van der Waals surface area contributed by atoms with Crippen molar-refractivity contribution in [3.05, 3.63) is 80.8 Å². The molecule has 0 amide bonds. The van der Waals surface area contributed by atoms with E-state index < -0.39 is 5.92 Å². The van der Waals surface area contributed by atoms with E-state index in [-0.39, 0.29) is 23.6 Å². The molecule has 2 aromatic carbocycles. The van der Waals surface area contributed by atoms with Gasteiger partial charge in [0.05, 0.1) is 20.6 Å². The third-order valence-electron chi connectivity index (χ3n) is 6.25. The lowest BCUT2D eigenvalue weighted by Gasteiger charge is -2.32. The van der Waals surface area contributed by atoms with Crippen molar-refractivity contribution in [3.8, 4) is 11.5 Å². The summed E-state index contributed by atoms with van der Waals surface area (Å²) in [6, 6.07) is 13.6. The van der Waals surface area contributed by atoms with Crippen molar-refractivity contribution in [1.82, 2.24) is 10.2 Å². The van der Waals surface area contributed by atoms with Crippen LogP contribution < -0.4 is 15.0 Å². The molecule has 0 bridgehead atoms. The third kappa shape index (κ3) is 4.97. The van der Waals surface area contributed by atoms with Crippen LogP contribution in [0.2, 0.25) is 0 Å². The van der Waals surface area contributed by atoms with Crippen LogP contribution in [0.5, 0.6) is 11.5 Å². The highest BCUT2D eigenvalue weighted by atomic mass is 16.5. The van der Waals surface area contributed by atoms with Crippen molar-refractivity contribution in [3.63, 3.8) is 0 Å². The molecule has 7 heteroatoms. The lowest BCUT2D eigenvalue weighted by Crippen LogP contribution is -2.32. The number of H-pyrrole nitrogens is 2. The number of hydrogen-bond acceptors (Lipinski definition) is 5. The summed E-state index contributed by atoms with van der Waals surface area (Å²) in [6.45, 7) is 4.20. The van der Waals surface area contributed by atoms with Gasteiger partial charge in [-0.25, -0.2) is 0 Å². The van der Waals surface area contributed by atoms with Gasteiger partial charge in [-0.05, 0) is 61.6 Å². The molecule has 0 radical (unpaired) electrons. The fourth-order valence-corrected chi connectivity index (χ4v) is 4.41. The van der Waals surface area contributed by atoms with E-state index in [4.69, 9.17) is 14.2 Å². The lowest BCUT2D eigenvalue weighted by molar-refractivity contribution is -0.140. The van der Waals surface area contributed by atoms with E-state index in [1.165, 1.54) is 12.7 Å². The maximum Gasteiger partial charge on any atom is 0.306 e. The predicted octanol–water partition coefficient (Wildman–Crippen LogP) is 4.10. The first-order valence-electron chi connectivity index (χ1n) is 11.1. The van der Waals surface area contributed by atoms with Gasteiger partial charge in [-0.2, -0.15) is 0 Å². The van der Waals surface area contributed by atoms with Crippen molar-refractivity contribution >= 4 is 5.97 Å². The number of esters is 1. The molecule has 33 heavy (non-hydrogen) atoms. The minimum atomic E-state index is -0.449. The standard InChI is InChI=1S/C26H30N2O5/c1-26(2)12-11-18-13-16(5-10-22(18)33-26)14-21-24(25(30)28-27-21)20(15-23(29)32-4)17-6-8-19(31-3)9-7-17/h5-10,13,20H,11-12,14-15H2,1-4H3,(H2,27,28,30)/t20-/m1/s1. The highest BCUT2D eigenvalue weighted by Gasteiger charge is 2.28. The first-order chi connectivity index (χ1) is 15.8. The number of ether oxygens (including phenoxy) is 3. The molecule has 7 nitrogen and oxygen atoms in total. The van der Waals surface area contributed by atoms with Crippen LogP contribution in [0.1, 0.15) is 60.6 Å². The molecule has 1 atom stereocenters. The zero-order chi connectivity index (χ0) is 23.6. The van der Waals surface area contributed by atoms with E-state index in [0.717, 1.165) is 35.4 Å². The Hall–Kier alpha value is -3.48. The van der Waals surface area contributed by atoms with E-state index in [9.17, 15) is 9.59 Å². The summed E-state index contributed by atoms with van der Waals surface area (Å²) in [5, 5.41) is 5.75. The van der Waals surface area contributed by atoms with Crippen LogP contribution in [0.25, 0.3) is 0 Å². The van der Waals surface area contributed by atoms with Crippen molar-refractivity contribution in [2.24, 2.45) is 0 Å². The second-order valence-electron chi connectivity index (χ2n) is 9.06. The molecule has 0 saturated carbocycles. The second-order valence-corrected chi connectivity index (χ2v) is 9.06. The number of methoxy groups -OCH3 is 2. The molecule has 1 aromatic heterocycles. The van der Waals surface area contributed by atoms with Crippen molar-refractivity contribution in [2.45, 2.75) is 51.0 Å². The smallest absolute Gasteiger partial charge is 0.306 e. The van der Waals surface area contributed by atoms with Gasteiger partial charge in [0.15, 0.2) is 0 Å². The quantitative estimate of drug-likeness (QED) is 0.529. The van der Waals surface area contributed by atoms with Gasteiger partial charge in [0.25, 0.3) is 5.56 Å². The van der Waals surface area contributed by atoms with Gasteiger partial charge < -0.3 is 19.3 Å². The molecule has 0 unspecified atom stereocenters. The van der Waals surface area contributed by atoms with Crippen LogP contribution in [0, 0.1) is 0 Å². The number of fused-ring (bicyclic) bond motifs is 1. The van der Waals surface area contributed by atoms with Gasteiger partial charge in [-0.1, -0.05) is 24.3 Å². The molecule has 3 aromatic rings. The van der Waals surface area contributed by atoms with Gasteiger partial charge in [0, 0.05) is 23.6 Å². The molecule has 174 valence electrons. The molecular formula is C26H30N2O5. The van der Waals surface area contributed by atoms with E-state index in [1.54, 1.807) is 7.11 Å². The molecular weight excluding hydrogens is 420 g/mol. The number of benzene rings is 2. The van der Waals surface area contributed by atoms with Crippen LogP contribution in [-0.2, 0) is 22.4 Å². The zero-order valence-corrected chi connectivity index (χ0v) is 19.5. The van der Waals surface area contributed by atoms with Crippen LogP contribution in [-0.4, -0.2) is 36.0 Å². The highest BCUT2D eigenvalue weighted by Crippen LogP contribution is 2.35. The SMILES string of the molecule is COC(=O)C[C@H](c1ccc(OC)cc1)c1c(Cc2ccc3c(c2)CCC(C)(C)O3)[nH][nH]c1=O. The van der Waals surface area contributed by atoms with Crippen LogP contribution >= 0.6 is 0 Å². The number of carbonyl (C=O) groups excluding carboxylic acids is 1. The second kappa shape index (κ2) is 9.17. The Kier molecular flexibility index (Phi) is 6.31. The number of carbonyl (C=O) groups is 1. The minimum Gasteiger partial charge on any atom is -0.497 e. The van der Waals surface area contributed by atoms with Crippen molar-refractivity contribution in [2.75, 3.05) is 14.2 Å². The Morgan fingerprint density at radius 3 is 2.58 bits per heavy atom. The molecule has 0 spiro atoms. The number of rotatable bonds is 7. The Bertz CT molecular complexity index is 1190. The van der Waals surface area contributed by atoms with Crippen LogP contribution in [0.4, 0.5) is 0 Å². The van der Waals surface area contributed by atoms with Gasteiger partial charge in [-0.15, -0.1) is 0 Å². The molecule has 0 aliphatic carbocycles. The summed E-state index contributed by atoms with van der Waals surface area (Å²) in [7, 11) is 2.95. The summed E-state index contributed by atoms with van der Waals surface area (Å²) in [5.74, 6) is 0.795. The highest BCUT2D eigenvalue weighted by molar-refractivity contribution is 5.71. The molecule has 2 heterocycles. The molecule has 1 aliphatic rings. The number of nitrogens with one attached hydrogen (secondary N) is 2. The van der Waals surface area contributed by atoms with E-state index in [1.807, 2.05) is 36.4 Å². The fraction of sp³-hybridized carbons (Fsp3) is 0.385. The number of hydrogen-bond donors (Lipinski definition) is 2. The summed E-state index contributed by atoms with van der Waals surface area (Å²) in [4.78, 5) is 25.1. The van der Waals surface area contributed by atoms with E-state index in [0.29, 0.717) is 17.7 Å². The fourth-order valence-electron chi connectivity index (χ4n) is 4.41. The largest absolute Gasteiger partial charge is 0.497 e. The summed E-state index contributed by atoms with van der Waals surface area (Å²) >= 11 is 0. The van der Waals surface area contributed by atoms with Crippen molar-refractivity contribution < 1.29 is 19.0 Å². The third-order valence-corrected chi connectivity index (χ3v) is 6.25. The zero-order valence-electron chi connectivity index (χ0n) is 19.5. The summed E-state index contributed by atoms with van der Waals surface area (Å²) in [5.41, 5.74) is 3.98. The maximum atomic E-state index is 12.9. The number of aromatic amines is 2. The first kappa shape index (κ1) is 22.7. The Balaban J connectivity index is 1.67. The number of aryl methyl sites for hydroxylation is 1. The van der Waals surface area contributed by atoms with Gasteiger partial charge in [0.2, 0.25) is 0 Å². The van der Waals surface area contributed by atoms with Crippen LogP contribution in [0.15, 0.2) is 47.3 Å². The molecule has 0 saturated heterocycles. The van der Waals surface area contributed by atoms with Crippen molar-refractivity contribution in [1.29, 1.82) is 0 Å². The Morgan fingerprint density at radius 2 is 1.88 bits per heavy atom. The number of aromatic nitrogens is 2. The normalized spacial score (nSPS) is 15.3. The molecule has 4 rings (SSSR count). The minimum absolute atomic E-state index is 0.0594. The summed E-state index contributed by atoms with van der Waals surface area (Å²) < 4.78 is 16.3. The lowest BCUT2D eigenvalue weighted by atomic mass is 9.87. The summed E-state index contributed by atoms with van der Waals surface area (Å²) in [6.07, 6.45) is 2.49. The molecule has 2 N–H and O–H groups in total. The van der Waals surface area contributed by atoms with Gasteiger partial charge in [-0.3, -0.25) is 14.7 Å².